The number of benzene rings is 2. The molecule has 1 atom stereocenters. The Balaban J connectivity index is 2.17. The van der Waals surface area contributed by atoms with Gasteiger partial charge < -0.3 is 10.2 Å². The second-order valence-corrected chi connectivity index (χ2v) is 8.41. The van der Waals surface area contributed by atoms with Crippen molar-refractivity contribution in [2.75, 3.05) is 6.54 Å². The summed E-state index contributed by atoms with van der Waals surface area (Å²) in [4.78, 5) is 27.4. The first-order valence-corrected chi connectivity index (χ1v) is 9.94. The fraction of sp³-hybridized carbons (Fsp3) is 0.391. The largest absolute Gasteiger partial charge is 0.350 e. The predicted molar refractivity (Wildman–Crippen MR) is 114 cm³/mol. The molecule has 0 aliphatic heterocycles. The van der Waals surface area contributed by atoms with E-state index >= 15 is 0 Å². The first-order valence-electron chi connectivity index (χ1n) is 9.56. The molecule has 4 nitrogen and oxygen atoms in total. The quantitative estimate of drug-likeness (QED) is 0.755. The summed E-state index contributed by atoms with van der Waals surface area (Å²) in [5.41, 5.74) is 1.53. The van der Waals surface area contributed by atoms with E-state index in [1.807, 2.05) is 69.3 Å². The highest BCUT2D eigenvalue weighted by Crippen LogP contribution is 2.17. The molecule has 0 fully saturated rings. The van der Waals surface area contributed by atoms with Gasteiger partial charge in [0.15, 0.2) is 0 Å². The molecule has 0 aliphatic carbocycles. The zero-order valence-corrected chi connectivity index (χ0v) is 17.8. The van der Waals surface area contributed by atoms with Gasteiger partial charge in [0.1, 0.15) is 6.04 Å². The van der Waals surface area contributed by atoms with E-state index in [9.17, 15) is 9.59 Å². The molecule has 2 aromatic rings. The van der Waals surface area contributed by atoms with Gasteiger partial charge in [-0.3, -0.25) is 9.59 Å². The minimum Gasteiger partial charge on any atom is -0.350 e. The molecule has 0 saturated heterocycles. The van der Waals surface area contributed by atoms with E-state index in [4.69, 9.17) is 11.6 Å². The van der Waals surface area contributed by atoms with Crippen molar-refractivity contribution in [1.29, 1.82) is 0 Å². The van der Waals surface area contributed by atoms with Crippen LogP contribution in [0.1, 0.15) is 38.8 Å². The van der Waals surface area contributed by atoms with Crippen LogP contribution in [0, 0.1) is 0 Å². The maximum Gasteiger partial charge on any atom is 0.242 e. The van der Waals surface area contributed by atoms with Crippen molar-refractivity contribution in [3.8, 4) is 0 Å². The van der Waals surface area contributed by atoms with Crippen molar-refractivity contribution in [1.82, 2.24) is 10.2 Å². The molecular weight excluding hydrogens is 372 g/mol. The Morgan fingerprint density at radius 1 is 1.04 bits per heavy atom. The summed E-state index contributed by atoms with van der Waals surface area (Å²) >= 11 is 6.23. The van der Waals surface area contributed by atoms with Gasteiger partial charge in [-0.15, -0.1) is 0 Å². The number of amides is 2. The molecule has 150 valence electrons. The van der Waals surface area contributed by atoms with Crippen LogP contribution < -0.4 is 5.32 Å². The highest BCUT2D eigenvalue weighted by atomic mass is 35.5. The second kappa shape index (κ2) is 9.74. The number of hydrogen-bond donors (Lipinski definition) is 1. The van der Waals surface area contributed by atoms with Gasteiger partial charge >= 0.3 is 0 Å². The first kappa shape index (κ1) is 22.0. The van der Waals surface area contributed by atoms with Crippen molar-refractivity contribution in [2.24, 2.45) is 0 Å². The van der Waals surface area contributed by atoms with Crippen molar-refractivity contribution < 1.29 is 9.59 Å². The smallest absolute Gasteiger partial charge is 0.242 e. The van der Waals surface area contributed by atoms with E-state index in [1.165, 1.54) is 0 Å². The maximum absolute atomic E-state index is 13.1. The normalized spacial score (nSPS) is 12.3. The van der Waals surface area contributed by atoms with Gasteiger partial charge in [0, 0.05) is 17.1 Å². The molecule has 2 rings (SSSR count). The van der Waals surface area contributed by atoms with E-state index in [0.717, 1.165) is 11.1 Å². The third-order valence-electron chi connectivity index (χ3n) is 4.45. The Kier molecular flexibility index (Phi) is 7.64. The summed E-state index contributed by atoms with van der Waals surface area (Å²) in [6, 6.07) is 16.7. The van der Waals surface area contributed by atoms with E-state index in [2.05, 4.69) is 5.32 Å². The van der Waals surface area contributed by atoms with Crippen molar-refractivity contribution in [3.63, 3.8) is 0 Å². The lowest BCUT2D eigenvalue weighted by atomic mass is 10.1. The number of carbonyl (C=O) groups is 2. The fourth-order valence-electron chi connectivity index (χ4n) is 2.95. The van der Waals surface area contributed by atoms with Gasteiger partial charge in [-0.05, 0) is 51.3 Å². The summed E-state index contributed by atoms with van der Waals surface area (Å²) < 4.78 is 0. The van der Waals surface area contributed by atoms with Gasteiger partial charge in [-0.2, -0.15) is 0 Å². The Morgan fingerprint density at radius 2 is 1.64 bits per heavy atom. The maximum atomic E-state index is 13.1. The van der Waals surface area contributed by atoms with Crippen LogP contribution in [0.3, 0.4) is 0 Å². The standard InChI is InChI=1S/C23H29ClN2O2/c1-17(22(28)25-23(2,3)4)26(15-14-18-10-6-5-7-11-18)21(27)16-19-12-8-9-13-20(19)24/h5-13,17H,14-16H2,1-4H3,(H,25,28). The number of rotatable bonds is 7. The first-order chi connectivity index (χ1) is 13.2. The molecule has 0 spiro atoms. The molecule has 0 heterocycles. The summed E-state index contributed by atoms with van der Waals surface area (Å²) in [5.74, 6) is -0.270. The molecule has 2 amide bonds. The number of nitrogens with one attached hydrogen (secondary N) is 1. The third-order valence-corrected chi connectivity index (χ3v) is 4.82. The Bertz CT molecular complexity index is 800. The lowest BCUT2D eigenvalue weighted by Crippen LogP contribution is -2.53. The molecule has 1 unspecified atom stereocenters. The lowest BCUT2D eigenvalue weighted by Gasteiger charge is -2.31. The van der Waals surface area contributed by atoms with Gasteiger partial charge in [0.05, 0.1) is 6.42 Å². The zero-order chi connectivity index (χ0) is 20.7. The number of nitrogens with zero attached hydrogens (tertiary/aromatic N) is 1. The minimum absolute atomic E-state index is 0.111. The highest BCUT2D eigenvalue weighted by Gasteiger charge is 2.28. The van der Waals surface area contributed by atoms with Gasteiger partial charge in [0.25, 0.3) is 0 Å². The van der Waals surface area contributed by atoms with Crippen molar-refractivity contribution >= 4 is 23.4 Å². The Hall–Kier alpha value is -2.33. The molecule has 0 saturated carbocycles. The third kappa shape index (κ3) is 6.68. The van der Waals surface area contributed by atoms with E-state index in [0.29, 0.717) is 18.0 Å². The number of halogens is 1. The van der Waals surface area contributed by atoms with Crippen LogP contribution >= 0.6 is 11.6 Å². The van der Waals surface area contributed by atoms with Crippen LogP contribution in [0.5, 0.6) is 0 Å². The zero-order valence-electron chi connectivity index (χ0n) is 17.0. The molecule has 2 aromatic carbocycles. The predicted octanol–water partition coefficient (Wildman–Crippen LogP) is 4.26. The molecule has 0 aliphatic rings. The minimum atomic E-state index is -0.571. The fourth-order valence-corrected chi connectivity index (χ4v) is 3.15. The Labute approximate surface area is 172 Å². The molecule has 28 heavy (non-hydrogen) atoms. The van der Waals surface area contributed by atoms with E-state index in [-0.39, 0.29) is 23.8 Å². The van der Waals surface area contributed by atoms with E-state index in [1.54, 1.807) is 17.9 Å². The molecular formula is C23H29ClN2O2. The van der Waals surface area contributed by atoms with Crippen LogP contribution in [0.15, 0.2) is 54.6 Å². The molecule has 5 heteroatoms. The summed E-state index contributed by atoms with van der Waals surface area (Å²) in [6.45, 7) is 8.02. The lowest BCUT2D eigenvalue weighted by molar-refractivity contribution is -0.140. The van der Waals surface area contributed by atoms with Crippen LogP contribution in [0.25, 0.3) is 0 Å². The van der Waals surface area contributed by atoms with E-state index < -0.39 is 6.04 Å². The average molecular weight is 401 g/mol. The van der Waals surface area contributed by atoms with Gasteiger partial charge in [0.2, 0.25) is 11.8 Å². The summed E-state index contributed by atoms with van der Waals surface area (Å²) in [7, 11) is 0. The number of hydrogen-bond acceptors (Lipinski definition) is 2. The average Bonchev–Trinajstić information content (AvgIpc) is 2.63. The van der Waals surface area contributed by atoms with Crippen LogP contribution in [-0.2, 0) is 22.4 Å². The molecule has 0 aromatic heterocycles. The van der Waals surface area contributed by atoms with Crippen molar-refractivity contribution in [3.05, 3.63) is 70.7 Å². The van der Waals surface area contributed by atoms with Crippen LogP contribution in [-0.4, -0.2) is 34.8 Å². The molecule has 1 N–H and O–H groups in total. The second-order valence-electron chi connectivity index (χ2n) is 8.01. The summed E-state index contributed by atoms with van der Waals surface area (Å²) in [6.07, 6.45) is 0.851. The van der Waals surface area contributed by atoms with Gasteiger partial charge in [-0.1, -0.05) is 60.1 Å². The Morgan fingerprint density at radius 3 is 2.25 bits per heavy atom. The van der Waals surface area contributed by atoms with Crippen molar-refractivity contribution in [2.45, 2.75) is 52.1 Å². The van der Waals surface area contributed by atoms with Crippen LogP contribution in [0.4, 0.5) is 0 Å². The highest BCUT2D eigenvalue weighted by molar-refractivity contribution is 6.31. The monoisotopic (exact) mass is 400 g/mol. The van der Waals surface area contributed by atoms with Gasteiger partial charge in [-0.25, -0.2) is 0 Å². The SMILES string of the molecule is CC(C(=O)NC(C)(C)C)N(CCc1ccccc1)C(=O)Cc1ccccc1Cl. The molecule has 0 radical (unpaired) electrons. The van der Waals surface area contributed by atoms with Crippen LogP contribution in [0.2, 0.25) is 5.02 Å². The number of carbonyl (C=O) groups excluding carboxylic acids is 2. The molecule has 0 bridgehead atoms. The topological polar surface area (TPSA) is 49.4 Å². The summed E-state index contributed by atoms with van der Waals surface area (Å²) in [5, 5.41) is 3.53.